The number of methoxy groups -OCH3 is 2. The predicted molar refractivity (Wildman–Crippen MR) is 100 cm³/mol. The Balaban J connectivity index is 3.83. The Labute approximate surface area is 172 Å². The number of nitro benzene ring substituents is 1. The molecule has 0 heterocycles. The van der Waals surface area contributed by atoms with E-state index in [1.54, 1.807) is 0 Å². The number of carbonyl (C=O) groups is 4. The van der Waals surface area contributed by atoms with Crippen molar-refractivity contribution in [3.63, 3.8) is 0 Å². The van der Waals surface area contributed by atoms with Crippen LogP contribution in [0.2, 0.25) is 0 Å². The molecule has 1 aromatic rings. The van der Waals surface area contributed by atoms with Crippen LogP contribution in [0.15, 0.2) is 18.2 Å². The van der Waals surface area contributed by atoms with Crippen LogP contribution >= 0.6 is 0 Å². The Morgan fingerprint density at radius 1 is 1.00 bits per heavy atom. The van der Waals surface area contributed by atoms with Gasteiger partial charge in [-0.15, -0.1) is 0 Å². The molecule has 0 bridgehead atoms. The predicted octanol–water partition coefficient (Wildman–Crippen LogP) is 1.41. The summed E-state index contributed by atoms with van der Waals surface area (Å²) in [7, 11) is 1.99. The first kappa shape index (κ1) is 24.5. The lowest BCUT2D eigenvalue weighted by molar-refractivity contribution is -0.385. The number of ether oxygens (including phenoxy) is 4. The van der Waals surface area contributed by atoms with E-state index in [0.717, 1.165) is 32.4 Å². The van der Waals surface area contributed by atoms with Gasteiger partial charge in [-0.25, -0.2) is 0 Å². The first-order valence-electron chi connectivity index (χ1n) is 8.88. The number of nitro groups is 1. The third kappa shape index (κ3) is 4.73. The first-order valence-corrected chi connectivity index (χ1v) is 8.88. The number of hydrogen-bond donors (Lipinski definition) is 0. The van der Waals surface area contributed by atoms with Gasteiger partial charge in [0.15, 0.2) is 11.3 Å². The molecule has 11 heteroatoms. The minimum atomic E-state index is -2.01. The number of carbonyl (C=O) groups excluding carboxylic acids is 4. The number of nitrogens with zero attached hydrogens (tertiary/aromatic N) is 1. The van der Waals surface area contributed by atoms with E-state index in [4.69, 9.17) is 9.47 Å². The summed E-state index contributed by atoms with van der Waals surface area (Å²) in [5.41, 5.74) is -3.09. The normalized spacial score (nSPS) is 10.9. The molecule has 0 aliphatic rings. The van der Waals surface area contributed by atoms with Crippen LogP contribution in [0.3, 0.4) is 0 Å². The van der Waals surface area contributed by atoms with Crippen molar-refractivity contribution in [3.8, 4) is 0 Å². The fraction of sp³-hybridized carbons (Fsp3) is 0.474. The van der Waals surface area contributed by atoms with E-state index in [1.807, 2.05) is 0 Å². The molecule has 0 aromatic heterocycles. The second-order valence-corrected chi connectivity index (χ2v) is 6.08. The van der Waals surface area contributed by atoms with Crippen LogP contribution in [0.4, 0.5) is 5.69 Å². The third-order valence-electron chi connectivity index (χ3n) is 4.35. The lowest BCUT2D eigenvalue weighted by Gasteiger charge is -2.26. The summed E-state index contributed by atoms with van der Waals surface area (Å²) in [6.07, 6.45) is 0. The van der Waals surface area contributed by atoms with Gasteiger partial charge >= 0.3 is 23.9 Å². The Bertz CT molecular complexity index is 814. The molecule has 0 amide bonds. The summed E-state index contributed by atoms with van der Waals surface area (Å²) in [5.74, 6) is -5.96. The smallest absolute Gasteiger partial charge is 0.327 e. The molecule has 1 rings (SSSR count). The molecule has 0 atom stereocenters. The quantitative estimate of drug-likeness (QED) is 0.187. The molecule has 0 saturated heterocycles. The molecule has 0 fully saturated rings. The molecule has 11 nitrogen and oxygen atoms in total. The van der Waals surface area contributed by atoms with Crippen LogP contribution in [-0.4, -0.2) is 56.2 Å². The maximum Gasteiger partial charge on any atom is 0.327 e. The number of hydrogen-bond acceptors (Lipinski definition) is 10. The first-order chi connectivity index (χ1) is 14.1. The lowest BCUT2D eigenvalue weighted by atomic mass is 9.80. The zero-order valence-electron chi connectivity index (χ0n) is 17.3. The van der Waals surface area contributed by atoms with Gasteiger partial charge in [-0.05, 0) is 32.4 Å². The van der Waals surface area contributed by atoms with Gasteiger partial charge < -0.3 is 18.9 Å². The van der Waals surface area contributed by atoms with E-state index in [2.05, 4.69) is 9.47 Å². The van der Waals surface area contributed by atoms with Crippen molar-refractivity contribution < 1.29 is 43.0 Å². The highest BCUT2D eigenvalue weighted by Gasteiger charge is 2.47. The molecular weight excluding hydrogens is 402 g/mol. The van der Waals surface area contributed by atoms with Crippen LogP contribution in [0.5, 0.6) is 0 Å². The van der Waals surface area contributed by atoms with Crippen LogP contribution in [0.25, 0.3) is 0 Å². The van der Waals surface area contributed by atoms with E-state index < -0.39 is 51.4 Å². The molecule has 164 valence electrons. The maximum atomic E-state index is 12.6. The Morgan fingerprint density at radius 2 is 1.47 bits per heavy atom. The summed E-state index contributed by atoms with van der Waals surface area (Å²) in [5, 5.41) is 11.5. The van der Waals surface area contributed by atoms with Crippen LogP contribution < -0.4 is 0 Å². The van der Waals surface area contributed by atoms with Gasteiger partial charge in [-0.1, -0.05) is 6.07 Å². The number of benzene rings is 1. The molecule has 1 aromatic carbocycles. The van der Waals surface area contributed by atoms with Gasteiger partial charge in [-0.3, -0.25) is 29.3 Å². The van der Waals surface area contributed by atoms with Crippen molar-refractivity contribution in [1.82, 2.24) is 0 Å². The second kappa shape index (κ2) is 10.3. The summed E-state index contributed by atoms with van der Waals surface area (Å²) in [4.78, 5) is 60.3. The number of rotatable bonds is 9. The monoisotopic (exact) mass is 425 g/mol. The average molecular weight is 425 g/mol. The minimum Gasteiger partial charge on any atom is -0.468 e. The third-order valence-corrected chi connectivity index (χ3v) is 4.35. The van der Waals surface area contributed by atoms with Gasteiger partial charge in [0.2, 0.25) is 0 Å². The van der Waals surface area contributed by atoms with E-state index in [1.165, 1.54) is 20.8 Å². The van der Waals surface area contributed by atoms with Crippen molar-refractivity contribution in [2.24, 2.45) is 0 Å². The Hall–Kier alpha value is -3.50. The summed E-state index contributed by atoms with van der Waals surface area (Å²) in [6.45, 7) is 4.21. The van der Waals surface area contributed by atoms with E-state index in [-0.39, 0.29) is 18.8 Å². The molecule has 0 radical (unpaired) electrons. The van der Waals surface area contributed by atoms with E-state index in [9.17, 15) is 29.3 Å². The van der Waals surface area contributed by atoms with Crippen molar-refractivity contribution >= 4 is 29.6 Å². The molecule has 0 unspecified atom stereocenters. The summed E-state index contributed by atoms with van der Waals surface area (Å²) >= 11 is 0. The highest BCUT2D eigenvalue weighted by molar-refractivity contribution is 6.06. The zero-order valence-corrected chi connectivity index (χ0v) is 17.3. The van der Waals surface area contributed by atoms with Crippen molar-refractivity contribution in [2.45, 2.75) is 32.1 Å². The highest BCUT2D eigenvalue weighted by atomic mass is 16.6. The van der Waals surface area contributed by atoms with Gasteiger partial charge in [0.25, 0.3) is 5.69 Å². The van der Waals surface area contributed by atoms with Gasteiger partial charge in [0, 0.05) is 6.07 Å². The van der Waals surface area contributed by atoms with E-state index >= 15 is 0 Å². The largest absolute Gasteiger partial charge is 0.468 e. The van der Waals surface area contributed by atoms with Gasteiger partial charge in [-0.2, -0.15) is 0 Å². The molecule has 0 saturated carbocycles. The fourth-order valence-corrected chi connectivity index (χ4v) is 2.72. The van der Waals surface area contributed by atoms with Gasteiger partial charge in [0.05, 0.1) is 37.9 Å². The van der Waals surface area contributed by atoms with Crippen molar-refractivity contribution in [3.05, 3.63) is 39.4 Å². The number of esters is 4. The second-order valence-electron chi connectivity index (χ2n) is 6.08. The topological polar surface area (TPSA) is 148 Å². The lowest BCUT2D eigenvalue weighted by Crippen LogP contribution is -2.43. The summed E-state index contributed by atoms with van der Waals surface area (Å²) < 4.78 is 19.1. The van der Waals surface area contributed by atoms with E-state index in [0.29, 0.717) is 0 Å². The van der Waals surface area contributed by atoms with Crippen LogP contribution in [-0.2, 0) is 43.5 Å². The highest BCUT2D eigenvalue weighted by Crippen LogP contribution is 2.35. The van der Waals surface area contributed by atoms with Crippen molar-refractivity contribution in [1.29, 1.82) is 0 Å². The Kier molecular flexibility index (Phi) is 8.45. The van der Waals surface area contributed by atoms with Gasteiger partial charge in [0.1, 0.15) is 0 Å². The SMILES string of the molecule is CCOC(=O)C(C)(C(=O)OCC)c1ccc([N+](=O)[O-])c(C(C(=O)OC)C(=O)OC)c1. The molecule has 0 N–H and O–H groups in total. The Morgan fingerprint density at radius 3 is 1.83 bits per heavy atom. The fourth-order valence-electron chi connectivity index (χ4n) is 2.72. The molecule has 30 heavy (non-hydrogen) atoms. The standard InChI is InChI=1S/C19H23NO10/c1-6-29-17(23)19(3,18(24)30-7-2)11-8-9-13(20(25)26)12(10-11)14(15(21)27-4)16(22)28-5/h8-10,14H,6-7H2,1-5H3. The van der Waals surface area contributed by atoms with Crippen LogP contribution in [0, 0.1) is 10.1 Å². The maximum absolute atomic E-state index is 12.6. The zero-order chi connectivity index (χ0) is 23.1. The minimum absolute atomic E-state index is 0.0411. The summed E-state index contributed by atoms with van der Waals surface area (Å²) in [6, 6.07) is 3.16. The molecule has 0 aliphatic heterocycles. The van der Waals surface area contributed by atoms with Crippen molar-refractivity contribution in [2.75, 3.05) is 27.4 Å². The average Bonchev–Trinajstić information content (AvgIpc) is 2.72. The van der Waals surface area contributed by atoms with Crippen LogP contribution in [0.1, 0.15) is 37.8 Å². The molecule has 0 spiro atoms. The molecule has 0 aliphatic carbocycles. The molecular formula is C19H23NO10.